The Labute approximate surface area is 124 Å². The van der Waals surface area contributed by atoms with Gasteiger partial charge < -0.3 is 0 Å². The number of nitrogens with zero attached hydrogens (tertiary/aromatic N) is 2. The fraction of sp³-hybridized carbons (Fsp3) is 0.286. The molecule has 0 aliphatic carbocycles. The fourth-order valence-electron chi connectivity index (χ4n) is 1.77. The van der Waals surface area contributed by atoms with Gasteiger partial charge in [-0.1, -0.05) is 12.1 Å². The lowest BCUT2D eigenvalue weighted by Crippen LogP contribution is -2.42. The van der Waals surface area contributed by atoms with Gasteiger partial charge in [-0.05, 0) is 0 Å². The van der Waals surface area contributed by atoms with Gasteiger partial charge in [-0.15, -0.1) is 0 Å². The lowest BCUT2D eigenvalue weighted by Gasteiger charge is -2.10. The summed E-state index contributed by atoms with van der Waals surface area (Å²) < 4.78 is 37.1. The molecule has 2 rings (SSSR count). The van der Waals surface area contributed by atoms with E-state index in [0.717, 1.165) is 0 Å². The van der Waals surface area contributed by atoms with Crippen molar-refractivity contribution in [2.45, 2.75) is 26.3 Å². The van der Waals surface area contributed by atoms with Gasteiger partial charge in [0.25, 0.3) is 12.5 Å². The highest BCUT2D eigenvalue weighted by Crippen LogP contribution is 2.11. The van der Waals surface area contributed by atoms with Crippen LogP contribution in [0.3, 0.4) is 0 Å². The van der Waals surface area contributed by atoms with E-state index in [4.69, 9.17) is 8.37 Å². The SMILES string of the molecule is CC(OS(=O)(=O)OC(C)[n+]1ccccc1)[n+]1ccccc1. The van der Waals surface area contributed by atoms with Crippen LogP contribution < -0.4 is 9.13 Å². The molecular formula is C14H18N2O4S+2. The van der Waals surface area contributed by atoms with Gasteiger partial charge in [-0.3, -0.25) is 0 Å². The highest BCUT2D eigenvalue weighted by molar-refractivity contribution is 7.81. The maximum absolute atomic E-state index is 11.9. The van der Waals surface area contributed by atoms with E-state index in [1.165, 1.54) is 0 Å². The minimum absolute atomic E-state index is 0.691. The number of hydrogen-bond acceptors (Lipinski definition) is 4. The molecule has 112 valence electrons. The van der Waals surface area contributed by atoms with Crippen LogP contribution in [0.2, 0.25) is 0 Å². The number of pyridine rings is 2. The van der Waals surface area contributed by atoms with Crippen molar-refractivity contribution in [2.75, 3.05) is 0 Å². The van der Waals surface area contributed by atoms with Gasteiger partial charge in [0, 0.05) is 38.1 Å². The van der Waals surface area contributed by atoms with Gasteiger partial charge in [-0.2, -0.15) is 25.9 Å². The summed E-state index contributed by atoms with van der Waals surface area (Å²) in [7, 11) is -4.12. The first-order valence-electron chi connectivity index (χ1n) is 6.51. The molecule has 0 aliphatic heterocycles. The van der Waals surface area contributed by atoms with Gasteiger partial charge in [0.1, 0.15) is 0 Å². The molecule has 21 heavy (non-hydrogen) atoms. The molecule has 0 aliphatic rings. The summed E-state index contributed by atoms with van der Waals surface area (Å²) in [5.41, 5.74) is 0. The van der Waals surface area contributed by atoms with Crippen LogP contribution in [0, 0.1) is 0 Å². The summed E-state index contributed by atoms with van der Waals surface area (Å²) in [6, 6.07) is 10.8. The zero-order valence-electron chi connectivity index (χ0n) is 11.9. The van der Waals surface area contributed by atoms with Gasteiger partial charge >= 0.3 is 10.4 Å². The van der Waals surface area contributed by atoms with Crippen molar-refractivity contribution in [2.24, 2.45) is 0 Å². The third kappa shape index (κ3) is 4.59. The van der Waals surface area contributed by atoms with Crippen LogP contribution in [-0.4, -0.2) is 8.42 Å². The minimum atomic E-state index is -4.12. The zero-order chi connectivity index (χ0) is 15.3. The quantitative estimate of drug-likeness (QED) is 0.754. The lowest BCUT2D eigenvalue weighted by atomic mass is 10.5. The van der Waals surface area contributed by atoms with E-state index in [0.29, 0.717) is 0 Å². The smallest absolute Gasteiger partial charge is 0.181 e. The maximum Gasteiger partial charge on any atom is 0.410 e. The molecule has 0 spiro atoms. The van der Waals surface area contributed by atoms with Crippen molar-refractivity contribution in [3.8, 4) is 0 Å². The first-order valence-corrected chi connectivity index (χ1v) is 7.84. The molecule has 2 aromatic rings. The van der Waals surface area contributed by atoms with Crippen LogP contribution in [0.25, 0.3) is 0 Å². The van der Waals surface area contributed by atoms with Crippen LogP contribution in [-0.2, 0) is 18.8 Å². The third-order valence-electron chi connectivity index (χ3n) is 2.83. The Kier molecular flexibility index (Phi) is 5.00. The Morgan fingerprint density at radius 1 is 0.714 bits per heavy atom. The predicted octanol–water partition coefficient (Wildman–Crippen LogP) is 1.28. The first-order chi connectivity index (χ1) is 9.98. The van der Waals surface area contributed by atoms with Crippen molar-refractivity contribution in [1.82, 2.24) is 0 Å². The molecule has 0 amide bonds. The molecule has 7 heteroatoms. The minimum Gasteiger partial charge on any atom is -0.181 e. The lowest BCUT2D eigenvalue weighted by molar-refractivity contribution is -0.755. The molecule has 2 heterocycles. The normalized spacial score (nSPS) is 14.6. The summed E-state index contributed by atoms with van der Waals surface area (Å²) in [6.07, 6.45) is 5.49. The highest BCUT2D eigenvalue weighted by atomic mass is 32.3. The van der Waals surface area contributed by atoms with Gasteiger partial charge in [0.05, 0.1) is 0 Å². The molecule has 2 atom stereocenters. The number of rotatable bonds is 6. The van der Waals surface area contributed by atoms with E-state index in [9.17, 15) is 8.42 Å². The second kappa shape index (κ2) is 6.75. The van der Waals surface area contributed by atoms with E-state index in [1.54, 1.807) is 72.0 Å². The summed E-state index contributed by atoms with van der Waals surface area (Å²) >= 11 is 0. The van der Waals surface area contributed by atoms with E-state index in [1.807, 2.05) is 12.1 Å². The van der Waals surface area contributed by atoms with E-state index in [-0.39, 0.29) is 0 Å². The topological polar surface area (TPSA) is 60.4 Å². The van der Waals surface area contributed by atoms with Gasteiger partial charge in [0.15, 0.2) is 24.8 Å². The average Bonchev–Trinajstić information content (AvgIpc) is 2.48. The van der Waals surface area contributed by atoms with Crippen molar-refractivity contribution < 1.29 is 25.9 Å². The van der Waals surface area contributed by atoms with Gasteiger partial charge in [0.2, 0.25) is 0 Å². The van der Waals surface area contributed by atoms with Gasteiger partial charge in [-0.25, -0.2) is 0 Å². The molecule has 0 bridgehead atoms. The first kappa shape index (κ1) is 15.6. The van der Waals surface area contributed by atoms with Crippen LogP contribution in [0.5, 0.6) is 0 Å². The second-order valence-corrected chi connectivity index (χ2v) is 5.65. The molecule has 0 aromatic carbocycles. The largest absolute Gasteiger partial charge is 0.410 e. The molecule has 0 saturated carbocycles. The Morgan fingerprint density at radius 3 is 1.38 bits per heavy atom. The Balaban J connectivity index is 2.02. The Hall–Kier alpha value is -1.83. The molecule has 6 nitrogen and oxygen atoms in total. The molecule has 2 aromatic heterocycles. The highest BCUT2D eigenvalue weighted by Gasteiger charge is 2.28. The number of hydrogen-bond donors (Lipinski definition) is 0. The zero-order valence-corrected chi connectivity index (χ0v) is 12.7. The molecule has 0 saturated heterocycles. The van der Waals surface area contributed by atoms with Crippen molar-refractivity contribution in [3.63, 3.8) is 0 Å². The Bertz CT molecular complexity index is 608. The molecule has 2 unspecified atom stereocenters. The molecular weight excluding hydrogens is 292 g/mol. The predicted molar refractivity (Wildman–Crippen MR) is 73.8 cm³/mol. The molecule has 0 radical (unpaired) electrons. The van der Waals surface area contributed by atoms with E-state index >= 15 is 0 Å². The van der Waals surface area contributed by atoms with E-state index < -0.39 is 22.9 Å². The van der Waals surface area contributed by atoms with Crippen LogP contribution in [0.1, 0.15) is 26.3 Å². The van der Waals surface area contributed by atoms with Crippen molar-refractivity contribution >= 4 is 10.4 Å². The summed E-state index contributed by atoms with van der Waals surface area (Å²) in [5, 5.41) is 0. The fourth-order valence-corrected chi connectivity index (χ4v) is 2.70. The number of aromatic nitrogens is 2. The maximum atomic E-state index is 11.9. The average molecular weight is 310 g/mol. The Morgan fingerprint density at radius 2 is 1.05 bits per heavy atom. The van der Waals surface area contributed by atoms with Crippen molar-refractivity contribution in [1.29, 1.82) is 0 Å². The van der Waals surface area contributed by atoms with Crippen LogP contribution >= 0.6 is 0 Å². The standard InChI is InChI=1S/C14H18N2O4S/c1-13(15-9-5-3-6-10-15)19-21(17,18)20-14(2)16-11-7-4-8-12-16/h3-14H,1-2H3/q+2. The van der Waals surface area contributed by atoms with Crippen LogP contribution in [0.4, 0.5) is 0 Å². The van der Waals surface area contributed by atoms with Crippen molar-refractivity contribution in [3.05, 3.63) is 61.2 Å². The summed E-state index contributed by atoms with van der Waals surface area (Å²) in [5.74, 6) is 0. The monoisotopic (exact) mass is 310 g/mol. The summed E-state index contributed by atoms with van der Waals surface area (Å²) in [6.45, 7) is 3.25. The second-order valence-electron chi connectivity index (χ2n) is 4.44. The molecule has 0 N–H and O–H groups in total. The van der Waals surface area contributed by atoms with Crippen LogP contribution in [0.15, 0.2) is 61.2 Å². The third-order valence-corrected chi connectivity index (χ3v) is 3.86. The summed E-state index contributed by atoms with van der Waals surface area (Å²) in [4.78, 5) is 0. The van der Waals surface area contributed by atoms with E-state index in [2.05, 4.69) is 0 Å². The molecule has 0 fully saturated rings.